The van der Waals surface area contributed by atoms with Crippen LogP contribution in [-0.2, 0) is 4.79 Å². The maximum absolute atomic E-state index is 14.3. The van der Waals surface area contributed by atoms with Crippen LogP contribution in [0.15, 0.2) is 18.2 Å². The topological polar surface area (TPSA) is 49.4 Å². The number of hydrogen-bond acceptors (Lipinski definition) is 2. The highest BCUT2D eigenvalue weighted by atomic mass is 19.1. The number of rotatable bonds is 2. The number of hydrogen-bond donors (Lipinski definition) is 1. The Morgan fingerprint density at radius 2 is 1.76 bits per heavy atom. The molecule has 1 aromatic rings. The van der Waals surface area contributed by atoms with Crippen LogP contribution in [0.2, 0.25) is 0 Å². The van der Waals surface area contributed by atoms with Crippen molar-refractivity contribution >= 4 is 17.5 Å². The van der Waals surface area contributed by atoms with Gasteiger partial charge in [0.05, 0.1) is 5.56 Å². The van der Waals surface area contributed by atoms with Crippen molar-refractivity contribution < 1.29 is 14.0 Å². The van der Waals surface area contributed by atoms with Crippen LogP contribution in [0.3, 0.4) is 0 Å². The van der Waals surface area contributed by atoms with Gasteiger partial charge in [-0.15, -0.1) is 0 Å². The Bertz CT molecular complexity index is 651. The molecule has 0 aromatic heterocycles. The molecule has 5 heteroatoms. The summed E-state index contributed by atoms with van der Waals surface area (Å²) in [7, 11) is 0. The molecule has 2 fully saturated rings. The molecule has 2 amide bonds. The van der Waals surface area contributed by atoms with Gasteiger partial charge in [0.2, 0.25) is 5.91 Å². The third-order valence-electron chi connectivity index (χ3n) is 5.63. The number of amides is 2. The molecule has 2 aliphatic rings. The first kappa shape index (κ1) is 17.9. The Morgan fingerprint density at radius 1 is 1.08 bits per heavy atom. The van der Waals surface area contributed by atoms with E-state index in [9.17, 15) is 14.0 Å². The molecule has 0 radical (unpaired) electrons. The minimum Gasteiger partial charge on any atom is -0.338 e. The molecule has 1 heterocycles. The highest BCUT2D eigenvalue weighted by molar-refractivity contribution is 5.97. The fraction of sp³-hybridized carbons (Fsp3) is 0.600. The zero-order valence-electron chi connectivity index (χ0n) is 14.9. The first-order valence-electron chi connectivity index (χ1n) is 9.36. The molecule has 1 saturated carbocycles. The summed E-state index contributed by atoms with van der Waals surface area (Å²) in [5, 5.41) is 2.62. The summed E-state index contributed by atoms with van der Waals surface area (Å²) in [6, 6.07) is 4.19. The van der Waals surface area contributed by atoms with E-state index in [0.717, 1.165) is 13.0 Å². The lowest BCUT2D eigenvalue weighted by Gasteiger charge is -2.43. The number of carbonyl (C=O) groups excluding carboxylic acids is 2. The first-order chi connectivity index (χ1) is 12.0. The number of piperidine rings is 1. The summed E-state index contributed by atoms with van der Waals surface area (Å²) >= 11 is 0. The smallest absolute Gasteiger partial charge is 0.256 e. The van der Waals surface area contributed by atoms with E-state index < -0.39 is 5.82 Å². The van der Waals surface area contributed by atoms with Crippen LogP contribution >= 0.6 is 0 Å². The van der Waals surface area contributed by atoms with E-state index in [1.165, 1.54) is 70.1 Å². The lowest BCUT2D eigenvalue weighted by atomic mass is 9.74. The molecule has 0 bridgehead atoms. The van der Waals surface area contributed by atoms with E-state index in [4.69, 9.17) is 0 Å². The Balaban J connectivity index is 1.79. The van der Waals surface area contributed by atoms with Crippen molar-refractivity contribution in [1.29, 1.82) is 0 Å². The van der Waals surface area contributed by atoms with E-state index in [0.29, 0.717) is 12.2 Å². The maximum atomic E-state index is 14.3. The summed E-state index contributed by atoms with van der Waals surface area (Å²) in [6.45, 7) is 2.81. The summed E-state index contributed by atoms with van der Waals surface area (Å²) in [5.41, 5.74) is 0.728. The van der Waals surface area contributed by atoms with Crippen LogP contribution < -0.4 is 5.32 Å². The van der Waals surface area contributed by atoms with Gasteiger partial charge in [-0.25, -0.2) is 4.39 Å². The predicted octanol–water partition coefficient (Wildman–Crippen LogP) is 4.36. The van der Waals surface area contributed by atoms with E-state index in [1.807, 2.05) is 4.90 Å². The van der Waals surface area contributed by atoms with Crippen molar-refractivity contribution in [3.05, 3.63) is 29.6 Å². The van der Waals surface area contributed by atoms with Crippen molar-refractivity contribution in [3.63, 3.8) is 0 Å². The van der Waals surface area contributed by atoms with Gasteiger partial charge in [0.25, 0.3) is 5.91 Å². The lowest BCUT2D eigenvalue weighted by molar-refractivity contribution is -0.114. The molecule has 1 aliphatic carbocycles. The van der Waals surface area contributed by atoms with Gasteiger partial charge in [-0.3, -0.25) is 9.59 Å². The van der Waals surface area contributed by atoms with Gasteiger partial charge in [-0.05, 0) is 49.3 Å². The summed E-state index contributed by atoms with van der Waals surface area (Å²) in [5.74, 6) is -1.02. The second-order valence-electron chi connectivity index (χ2n) is 7.62. The predicted molar refractivity (Wildman–Crippen MR) is 96.0 cm³/mol. The highest BCUT2D eigenvalue weighted by Gasteiger charge is 2.37. The van der Waals surface area contributed by atoms with E-state index in [2.05, 4.69) is 5.32 Å². The van der Waals surface area contributed by atoms with Crippen molar-refractivity contribution in [3.8, 4) is 0 Å². The number of benzene rings is 1. The van der Waals surface area contributed by atoms with Gasteiger partial charge in [0.1, 0.15) is 5.82 Å². The van der Waals surface area contributed by atoms with Gasteiger partial charge in [0, 0.05) is 25.7 Å². The number of nitrogens with zero attached hydrogens (tertiary/aromatic N) is 1. The van der Waals surface area contributed by atoms with Crippen LogP contribution in [0.5, 0.6) is 0 Å². The molecule has 0 atom stereocenters. The molecule has 1 spiro atoms. The van der Waals surface area contributed by atoms with E-state index >= 15 is 0 Å². The second kappa shape index (κ2) is 7.54. The van der Waals surface area contributed by atoms with E-state index in [-0.39, 0.29) is 22.8 Å². The maximum Gasteiger partial charge on any atom is 0.256 e. The van der Waals surface area contributed by atoms with Crippen molar-refractivity contribution in [1.82, 2.24) is 4.90 Å². The van der Waals surface area contributed by atoms with Crippen LogP contribution in [0.1, 0.15) is 68.6 Å². The van der Waals surface area contributed by atoms with E-state index in [1.54, 1.807) is 0 Å². The summed E-state index contributed by atoms with van der Waals surface area (Å²) in [4.78, 5) is 26.0. The molecule has 1 aromatic carbocycles. The molecule has 0 unspecified atom stereocenters. The summed E-state index contributed by atoms with van der Waals surface area (Å²) in [6.07, 6.45) is 9.52. The Kier molecular flexibility index (Phi) is 5.40. The zero-order valence-corrected chi connectivity index (χ0v) is 14.9. The van der Waals surface area contributed by atoms with Crippen molar-refractivity contribution in [2.24, 2.45) is 5.41 Å². The minimum atomic E-state index is -0.528. The number of halogens is 1. The third-order valence-corrected chi connectivity index (χ3v) is 5.63. The van der Waals surface area contributed by atoms with Crippen LogP contribution in [0.25, 0.3) is 0 Å². The number of anilines is 1. The van der Waals surface area contributed by atoms with Gasteiger partial charge >= 0.3 is 0 Å². The van der Waals surface area contributed by atoms with Gasteiger partial charge in [-0.1, -0.05) is 25.7 Å². The highest BCUT2D eigenvalue weighted by Crippen LogP contribution is 2.42. The quantitative estimate of drug-likeness (QED) is 0.865. The minimum absolute atomic E-state index is 0.0527. The fourth-order valence-corrected chi connectivity index (χ4v) is 4.41. The Labute approximate surface area is 148 Å². The summed E-state index contributed by atoms with van der Waals surface area (Å²) < 4.78 is 14.3. The molecule has 4 nitrogen and oxygen atoms in total. The van der Waals surface area contributed by atoms with Crippen molar-refractivity contribution in [2.75, 3.05) is 18.4 Å². The monoisotopic (exact) mass is 346 g/mol. The standard InChI is InChI=1S/C20H27FN2O2/c1-15(24)22-16-7-8-18(21)17(13-16)19(25)23-12-6-11-20(14-23)9-4-2-3-5-10-20/h7-8,13H,2-6,9-12,14H2,1H3,(H,22,24). The van der Waals surface area contributed by atoms with Gasteiger partial charge in [-0.2, -0.15) is 0 Å². The number of carbonyl (C=O) groups is 2. The normalized spacial score (nSPS) is 20.2. The number of likely N-dealkylation sites (tertiary alicyclic amines) is 1. The average Bonchev–Trinajstić information content (AvgIpc) is 2.81. The molecular formula is C20H27FN2O2. The molecular weight excluding hydrogens is 319 g/mol. The molecule has 136 valence electrons. The Hall–Kier alpha value is -1.91. The van der Waals surface area contributed by atoms with Crippen LogP contribution in [-0.4, -0.2) is 29.8 Å². The Morgan fingerprint density at radius 3 is 2.44 bits per heavy atom. The molecule has 3 rings (SSSR count). The van der Waals surface area contributed by atoms with Crippen molar-refractivity contribution in [2.45, 2.75) is 58.3 Å². The van der Waals surface area contributed by atoms with Gasteiger partial charge < -0.3 is 10.2 Å². The van der Waals surface area contributed by atoms with Gasteiger partial charge in [0.15, 0.2) is 0 Å². The SMILES string of the molecule is CC(=O)Nc1ccc(F)c(C(=O)N2CCCC3(CCCCCC3)C2)c1. The third kappa shape index (κ3) is 4.20. The second-order valence-corrected chi connectivity index (χ2v) is 7.62. The molecule has 1 saturated heterocycles. The number of nitrogens with one attached hydrogen (secondary N) is 1. The fourth-order valence-electron chi connectivity index (χ4n) is 4.41. The first-order valence-corrected chi connectivity index (χ1v) is 9.36. The average molecular weight is 346 g/mol. The molecule has 25 heavy (non-hydrogen) atoms. The molecule has 1 aliphatic heterocycles. The van der Waals surface area contributed by atoms with Crippen LogP contribution in [0.4, 0.5) is 10.1 Å². The lowest BCUT2D eigenvalue weighted by Crippen LogP contribution is -2.46. The van der Waals surface area contributed by atoms with Crippen LogP contribution in [0, 0.1) is 11.2 Å². The molecule has 1 N–H and O–H groups in total. The zero-order chi connectivity index (χ0) is 17.9. The largest absolute Gasteiger partial charge is 0.338 e.